The van der Waals surface area contributed by atoms with Crippen molar-refractivity contribution in [3.05, 3.63) is 92.2 Å². The van der Waals surface area contributed by atoms with Crippen molar-refractivity contribution in [1.82, 2.24) is 4.98 Å². The SMILES string of the molecule is COC(=O)c1cncc(/C=C/c2ccc(OCC3C(c4c(Cl)cccc4Cl)=NOC3C3CC3)cc2Cl)c1. The zero-order chi connectivity index (χ0) is 25.9. The molecule has 1 saturated carbocycles. The molecule has 2 unspecified atom stereocenters. The number of aromatic nitrogens is 1. The molecule has 1 fully saturated rings. The van der Waals surface area contributed by atoms with Gasteiger partial charge in [0.05, 0.1) is 33.7 Å². The minimum absolute atomic E-state index is 0.0746. The van der Waals surface area contributed by atoms with Crippen molar-refractivity contribution in [2.75, 3.05) is 13.7 Å². The summed E-state index contributed by atoms with van der Waals surface area (Å²) in [5.41, 5.74) is 3.31. The van der Waals surface area contributed by atoms with Gasteiger partial charge in [0.1, 0.15) is 24.2 Å². The molecule has 2 atom stereocenters. The second-order valence-corrected chi connectivity index (χ2v) is 10.1. The number of benzene rings is 2. The lowest BCUT2D eigenvalue weighted by Gasteiger charge is -2.20. The smallest absolute Gasteiger partial charge is 0.339 e. The molecule has 190 valence electrons. The number of hydrogen-bond donors (Lipinski definition) is 0. The molecular formula is C28H23Cl3N2O4. The second-order valence-electron chi connectivity index (χ2n) is 8.91. The van der Waals surface area contributed by atoms with Crippen molar-refractivity contribution in [2.45, 2.75) is 18.9 Å². The van der Waals surface area contributed by atoms with Crippen molar-refractivity contribution in [3.8, 4) is 5.75 Å². The monoisotopic (exact) mass is 556 g/mol. The third-order valence-corrected chi connectivity index (χ3v) is 7.32. The highest BCUT2D eigenvalue weighted by atomic mass is 35.5. The predicted molar refractivity (Wildman–Crippen MR) is 146 cm³/mol. The first-order chi connectivity index (χ1) is 17.9. The van der Waals surface area contributed by atoms with Gasteiger partial charge in [0.25, 0.3) is 0 Å². The Morgan fingerprint density at radius 3 is 2.54 bits per heavy atom. The Kier molecular flexibility index (Phi) is 7.70. The number of hydrogen-bond acceptors (Lipinski definition) is 6. The fourth-order valence-electron chi connectivity index (χ4n) is 4.28. The van der Waals surface area contributed by atoms with Crippen LogP contribution in [-0.4, -0.2) is 36.5 Å². The molecule has 9 heteroatoms. The van der Waals surface area contributed by atoms with E-state index in [2.05, 4.69) is 10.1 Å². The summed E-state index contributed by atoms with van der Waals surface area (Å²) in [6, 6.07) is 12.6. The molecule has 6 nitrogen and oxygen atoms in total. The van der Waals surface area contributed by atoms with Gasteiger partial charge in [-0.1, -0.05) is 58.2 Å². The van der Waals surface area contributed by atoms with Crippen molar-refractivity contribution in [2.24, 2.45) is 17.0 Å². The average Bonchev–Trinajstić information content (AvgIpc) is 3.66. The highest BCUT2D eigenvalue weighted by molar-refractivity contribution is 6.40. The van der Waals surface area contributed by atoms with Crippen LogP contribution in [0.15, 0.2) is 60.0 Å². The summed E-state index contributed by atoms with van der Waals surface area (Å²) in [4.78, 5) is 21.6. The van der Waals surface area contributed by atoms with E-state index in [0.29, 0.717) is 50.2 Å². The second kappa shape index (κ2) is 11.1. The van der Waals surface area contributed by atoms with E-state index in [1.165, 1.54) is 13.3 Å². The predicted octanol–water partition coefficient (Wildman–Crippen LogP) is 7.21. The minimum Gasteiger partial charge on any atom is -0.493 e. The number of carbonyl (C=O) groups excluding carboxylic acids is 1. The molecule has 3 aromatic rings. The Morgan fingerprint density at radius 1 is 1.05 bits per heavy atom. The Bertz CT molecular complexity index is 1370. The van der Waals surface area contributed by atoms with Crippen LogP contribution < -0.4 is 4.74 Å². The van der Waals surface area contributed by atoms with Gasteiger partial charge < -0.3 is 14.3 Å². The van der Waals surface area contributed by atoms with Crippen LogP contribution in [0.25, 0.3) is 12.2 Å². The number of esters is 1. The molecule has 0 amide bonds. The Balaban J connectivity index is 1.30. The van der Waals surface area contributed by atoms with E-state index in [4.69, 9.17) is 49.1 Å². The maximum Gasteiger partial charge on any atom is 0.339 e. The zero-order valence-electron chi connectivity index (χ0n) is 19.9. The molecule has 1 aliphatic carbocycles. The quantitative estimate of drug-likeness (QED) is 0.274. The summed E-state index contributed by atoms with van der Waals surface area (Å²) < 4.78 is 10.9. The van der Waals surface area contributed by atoms with Gasteiger partial charge in [0.15, 0.2) is 0 Å². The lowest BCUT2D eigenvalue weighted by molar-refractivity contribution is 0.0340. The van der Waals surface area contributed by atoms with Crippen LogP contribution in [0, 0.1) is 11.8 Å². The first kappa shape index (κ1) is 25.6. The molecule has 0 saturated heterocycles. The normalized spacial score (nSPS) is 19.0. The van der Waals surface area contributed by atoms with Crippen molar-refractivity contribution < 1.29 is 19.1 Å². The average molecular weight is 558 g/mol. The van der Waals surface area contributed by atoms with E-state index in [0.717, 1.165) is 24.0 Å². The lowest BCUT2D eigenvalue weighted by Crippen LogP contribution is -2.31. The van der Waals surface area contributed by atoms with E-state index >= 15 is 0 Å². The van der Waals surface area contributed by atoms with E-state index in [9.17, 15) is 4.79 Å². The van der Waals surface area contributed by atoms with Gasteiger partial charge in [0.2, 0.25) is 0 Å². The summed E-state index contributed by atoms with van der Waals surface area (Å²) in [6.45, 7) is 0.346. The number of ether oxygens (including phenoxy) is 2. The number of halogens is 3. The van der Waals surface area contributed by atoms with Gasteiger partial charge in [0, 0.05) is 18.0 Å². The summed E-state index contributed by atoms with van der Waals surface area (Å²) in [5, 5.41) is 5.95. The number of pyridine rings is 1. The van der Waals surface area contributed by atoms with E-state index in [1.807, 2.05) is 24.3 Å². The molecule has 1 aromatic heterocycles. The molecule has 0 bridgehead atoms. The highest BCUT2D eigenvalue weighted by Crippen LogP contribution is 2.43. The molecule has 1 aliphatic heterocycles. The maximum atomic E-state index is 11.7. The molecule has 2 heterocycles. The number of oxime groups is 1. The molecule has 37 heavy (non-hydrogen) atoms. The topological polar surface area (TPSA) is 70.0 Å². The fraction of sp³-hybridized carbons (Fsp3) is 0.250. The van der Waals surface area contributed by atoms with Crippen LogP contribution in [0.4, 0.5) is 0 Å². The van der Waals surface area contributed by atoms with Gasteiger partial charge >= 0.3 is 5.97 Å². The van der Waals surface area contributed by atoms with Gasteiger partial charge in [-0.2, -0.15) is 0 Å². The molecule has 5 rings (SSSR count). The highest BCUT2D eigenvalue weighted by Gasteiger charge is 2.46. The maximum absolute atomic E-state index is 11.7. The van der Waals surface area contributed by atoms with Crippen LogP contribution >= 0.6 is 34.8 Å². The van der Waals surface area contributed by atoms with Crippen LogP contribution in [0.5, 0.6) is 5.75 Å². The minimum atomic E-state index is -0.441. The zero-order valence-corrected chi connectivity index (χ0v) is 22.1. The Morgan fingerprint density at radius 2 is 1.84 bits per heavy atom. The molecule has 0 radical (unpaired) electrons. The third-order valence-electron chi connectivity index (χ3n) is 6.36. The van der Waals surface area contributed by atoms with E-state index < -0.39 is 5.97 Å². The lowest BCUT2D eigenvalue weighted by atomic mass is 9.90. The summed E-state index contributed by atoms with van der Waals surface area (Å²) in [5.74, 6) is 0.517. The molecule has 2 aliphatic rings. The van der Waals surface area contributed by atoms with Gasteiger partial charge in [-0.3, -0.25) is 4.98 Å². The van der Waals surface area contributed by atoms with Crippen molar-refractivity contribution in [3.63, 3.8) is 0 Å². The fourth-order valence-corrected chi connectivity index (χ4v) is 5.11. The summed E-state index contributed by atoms with van der Waals surface area (Å²) >= 11 is 19.5. The van der Waals surface area contributed by atoms with E-state index in [-0.39, 0.29) is 12.0 Å². The largest absolute Gasteiger partial charge is 0.493 e. The molecule has 2 aromatic carbocycles. The van der Waals surface area contributed by atoms with Gasteiger partial charge in [-0.25, -0.2) is 4.79 Å². The number of rotatable bonds is 8. The first-order valence-electron chi connectivity index (χ1n) is 11.8. The Labute approximate surface area is 229 Å². The van der Waals surface area contributed by atoms with Crippen molar-refractivity contribution in [1.29, 1.82) is 0 Å². The van der Waals surface area contributed by atoms with Crippen molar-refractivity contribution >= 4 is 58.6 Å². The summed E-state index contributed by atoms with van der Waals surface area (Å²) in [6.07, 6.45) is 8.92. The van der Waals surface area contributed by atoms with Gasteiger partial charge in [-0.15, -0.1) is 0 Å². The van der Waals surface area contributed by atoms with E-state index in [1.54, 1.807) is 36.5 Å². The summed E-state index contributed by atoms with van der Waals surface area (Å²) in [7, 11) is 1.33. The number of nitrogens with zero attached hydrogens (tertiary/aromatic N) is 2. The standard InChI is InChI=1S/C28H23Cl3N2O4/c1-35-28(34)19-11-16(13-32-14-19)5-6-17-9-10-20(12-24(17)31)36-15-21-26(33-37-27(21)18-7-8-18)25-22(29)3-2-4-23(25)30/h2-6,9-14,18,21,27H,7-8,15H2,1H3/b6-5+. The number of methoxy groups -OCH3 is 1. The molecular weight excluding hydrogens is 535 g/mol. The van der Waals surface area contributed by atoms with Crippen LogP contribution in [0.3, 0.4) is 0 Å². The Hall–Kier alpha value is -3.06. The van der Waals surface area contributed by atoms with Crippen LogP contribution in [-0.2, 0) is 9.57 Å². The van der Waals surface area contributed by atoms with Gasteiger partial charge in [-0.05, 0) is 66.3 Å². The first-order valence-corrected chi connectivity index (χ1v) is 12.9. The third kappa shape index (κ3) is 5.77. The molecule has 0 N–H and O–H groups in total. The molecule has 0 spiro atoms. The van der Waals surface area contributed by atoms with Crippen LogP contribution in [0.1, 0.15) is 39.9 Å². The van der Waals surface area contributed by atoms with Crippen LogP contribution in [0.2, 0.25) is 15.1 Å². The number of carbonyl (C=O) groups is 1.